The molecule has 132 valence electrons. The number of hydrogen-bond acceptors (Lipinski definition) is 4. The number of likely N-dealkylation sites (tertiary alicyclic amines) is 1. The first-order valence-electron chi connectivity index (χ1n) is 9.32. The van der Waals surface area contributed by atoms with Gasteiger partial charge in [0.25, 0.3) is 5.91 Å². The van der Waals surface area contributed by atoms with E-state index in [1.165, 1.54) is 45.3 Å². The van der Waals surface area contributed by atoms with Crippen LogP contribution in [0, 0.1) is 5.92 Å². The van der Waals surface area contributed by atoms with Crippen LogP contribution in [0.1, 0.15) is 65.7 Å². The van der Waals surface area contributed by atoms with E-state index in [0.29, 0.717) is 18.4 Å². The number of piperidine rings is 1. The zero-order chi connectivity index (χ0) is 16.9. The largest absolute Gasteiger partial charge is 0.369 e. The maximum Gasteiger partial charge on any atom is 0.257 e. The Balaban J connectivity index is 1.69. The summed E-state index contributed by atoms with van der Waals surface area (Å²) < 4.78 is 0. The quantitative estimate of drug-likeness (QED) is 0.699. The molecule has 0 aromatic rings. The van der Waals surface area contributed by atoms with Gasteiger partial charge in [-0.2, -0.15) is 0 Å². The monoisotopic (exact) mass is 322 g/mol. The predicted octanol–water partition coefficient (Wildman–Crippen LogP) is 2.60. The number of hydrogen-bond donors (Lipinski definition) is 1. The van der Waals surface area contributed by atoms with Crippen LogP contribution < -0.4 is 5.73 Å². The lowest BCUT2D eigenvalue weighted by atomic mass is 9.91. The summed E-state index contributed by atoms with van der Waals surface area (Å²) in [6, 6.07) is 0. The van der Waals surface area contributed by atoms with E-state index in [1.54, 1.807) is 4.90 Å². The molecule has 2 N–H and O–H groups in total. The van der Waals surface area contributed by atoms with Crippen molar-refractivity contribution in [3.05, 3.63) is 0 Å². The Labute approximate surface area is 141 Å². The number of nitrogens with two attached hydrogens (primary N) is 1. The van der Waals surface area contributed by atoms with Crippen LogP contribution in [-0.2, 0) is 4.79 Å². The summed E-state index contributed by atoms with van der Waals surface area (Å²) in [5, 5.41) is 0. The molecule has 1 fully saturated rings. The lowest BCUT2D eigenvalue weighted by Gasteiger charge is -2.26. The molecular formula is C18H34N4O. The van der Waals surface area contributed by atoms with Crippen molar-refractivity contribution in [2.75, 3.05) is 26.2 Å². The van der Waals surface area contributed by atoms with Gasteiger partial charge >= 0.3 is 0 Å². The minimum atomic E-state index is -0.647. The average Bonchev–Trinajstić information content (AvgIpc) is 2.69. The molecule has 1 amide bonds. The van der Waals surface area contributed by atoms with Crippen molar-refractivity contribution in [2.45, 2.75) is 71.3 Å². The van der Waals surface area contributed by atoms with E-state index < -0.39 is 5.54 Å². The molecule has 0 spiro atoms. The first kappa shape index (κ1) is 18.2. The Morgan fingerprint density at radius 2 is 1.78 bits per heavy atom. The molecule has 0 saturated carbocycles. The second kappa shape index (κ2) is 8.13. The Morgan fingerprint density at radius 3 is 2.43 bits per heavy atom. The molecule has 5 nitrogen and oxygen atoms in total. The van der Waals surface area contributed by atoms with Crippen LogP contribution in [0.25, 0.3) is 0 Å². The van der Waals surface area contributed by atoms with Crippen LogP contribution in [0.5, 0.6) is 0 Å². The zero-order valence-electron chi connectivity index (χ0n) is 15.2. The van der Waals surface area contributed by atoms with Crippen LogP contribution in [0.3, 0.4) is 0 Å². The summed E-state index contributed by atoms with van der Waals surface area (Å²) >= 11 is 0. The van der Waals surface area contributed by atoms with Crippen LogP contribution in [0.15, 0.2) is 4.99 Å². The summed E-state index contributed by atoms with van der Waals surface area (Å²) in [6.45, 7) is 10.6. The van der Waals surface area contributed by atoms with Crippen molar-refractivity contribution < 1.29 is 4.79 Å². The number of amides is 1. The van der Waals surface area contributed by atoms with E-state index in [0.717, 1.165) is 19.3 Å². The zero-order valence-corrected chi connectivity index (χ0v) is 15.2. The summed E-state index contributed by atoms with van der Waals surface area (Å²) in [5.74, 6) is 0.930. The molecule has 0 aliphatic carbocycles. The number of carbonyl (C=O) groups excluding carboxylic acids is 1. The van der Waals surface area contributed by atoms with Crippen molar-refractivity contribution >= 4 is 11.9 Å². The van der Waals surface area contributed by atoms with Gasteiger partial charge in [0, 0.05) is 6.54 Å². The molecule has 1 atom stereocenters. The molecule has 2 heterocycles. The summed E-state index contributed by atoms with van der Waals surface area (Å²) in [4.78, 5) is 21.3. The smallest absolute Gasteiger partial charge is 0.257 e. The molecule has 5 heteroatoms. The predicted molar refractivity (Wildman–Crippen MR) is 95.3 cm³/mol. The highest BCUT2D eigenvalue weighted by Crippen LogP contribution is 2.28. The standard InChI is InChI=1S/C18H34N4O/c1-15(2)14-18(3)16(23)22(17(19)20-18)13-9-5-8-12-21-10-6-4-7-11-21/h15H,4-14H2,1-3H3,(H2,19,20). The number of rotatable bonds is 8. The molecule has 1 unspecified atom stereocenters. The molecule has 0 bridgehead atoms. The van der Waals surface area contributed by atoms with E-state index in [-0.39, 0.29) is 5.91 Å². The van der Waals surface area contributed by atoms with Crippen molar-refractivity contribution in [3.63, 3.8) is 0 Å². The van der Waals surface area contributed by atoms with E-state index in [2.05, 4.69) is 23.7 Å². The number of carbonyl (C=O) groups is 1. The first-order valence-corrected chi connectivity index (χ1v) is 9.32. The number of guanidine groups is 1. The van der Waals surface area contributed by atoms with Crippen molar-refractivity contribution in [2.24, 2.45) is 16.6 Å². The number of nitrogens with zero attached hydrogens (tertiary/aromatic N) is 3. The van der Waals surface area contributed by atoms with Gasteiger partial charge in [-0.05, 0) is 64.6 Å². The maximum absolute atomic E-state index is 12.6. The van der Waals surface area contributed by atoms with Crippen LogP contribution >= 0.6 is 0 Å². The number of aliphatic imine (C=N–C) groups is 1. The molecule has 0 aromatic carbocycles. The lowest BCUT2D eigenvalue weighted by Crippen LogP contribution is -2.43. The first-order chi connectivity index (χ1) is 10.9. The van der Waals surface area contributed by atoms with Crippen molar-refractivity contribution in [1.29, 1.82) is 0 Å². The highest BCUT2D eigenvalue weighted by atomic mass is 16.2. The maximum atomic E-state index is 12.6. The van der Waals surface area contributed by atoms with Gasteiger partial charge in [-0.1, -0.05) is 26.7 Å². The fourth-order valence-corrected chi connectivity index (χ4v) is 3.86. The third kappa shape index (κ3) is 4.93. The van der Waals surface area contributed by atoms with Crippen LogP contribution in [0.4, 0.5) is 0 Å². The van der Waals surface area contributed by atoms with Gasteiger partial charge in [-0.3, -0.25) is 9.69 Å². The second-order valence-corrected chi connectivity index (χ2v) is 7.76. The van der Waals surface area contributed by atoms with E-state index >= 15 is 0 Å². The lowest BCUT2D eigenvalue weighted by molar-refractivity contribution is -0.131. The Kier molecular flexibility index (Phi) is 6.45. The van der Waals surface area contributed by atoms with E-state index in [9.17, 15) is 4.79 Å². The third-order valence-electron chi connectivity index (χ3n) is 4.95. The Hall–Kier alpha value is -1.10. The molecule has 23 heavy (non-hydrogen) atoms. The molecule has 0 aromatic heterocycles. The van der Waals surface area contributed by atoms with Gasteiger partial charge in [0.15, 0.2) is 5.96 Å². The summed E-state index contributed by atoms with van der Waals surface area (Å²) in [5.41, 5.74) is 5.35. The second-order valence-electron chi connectivity index (χ2n) is 7.76. The van der Waals surface area contributed by atoms with E-state index in [1.807, 2.05) is 6.92 Å². The van der Waals surface area contributed by atoms with Gasteiger partial charge in [-0.15, -0.1) is 0 Å². The third-order valence-corrected chi connectivity index (χ3v) is 4.95. The fraction of sp³-hybridized carbons (Fsp3) is 0.889. The van der Waals surface area contributed by atoms with Crippen LogP contribution in [0.2, 0.25) is 0 Å². The fourth-order valence-electron chi connectivity index (χ4n) is 3.86. The van der Waals surface area contributed by atoms with Crippen molar-refractivity contribution in [3.8, 4) is 0 Å². The molecular weight excluding hydrogens is 288 g/mol. The minimum Gasteiger partial charge on any atom is -0.369 e. The molecule has 0 radical (unpaired) electrons. The summed E-state index contributed by atoms with van der Waals surface area (Å²) in [7, 11) is 0. The SMILES string of the molecule is CC(C)CC1(C)N=C(N)N(CCCCCN2CCCCC2)C1=O. The van der Waals surface area contributed by atoms with Crippen LogP contribution in [-0.4, -0.2) is 53.4 Å². The molecule has 1 saturated heterocycles. The van der Waals surface area contributed by atoms with Gasteiger partial charge < -0.3 is 10.6 Å². The normalized spacial score (nSPS) is 26.2. The van der Waals surface area contributed by atoms with E-state index in [4.69, 9.17) is 5.73 Å². The topological polar surface area (TPSA) is 61.9 Å². The Morgan fingerprint density at radius 1 is 1.13 bits per heavy atom. The molecule has 2 aliphatic heterocycles. The highest BCUT2D eigenvalue weighted by Gasteiger charge is 2.43. The minimum absolute atomic E-state index is 0.0831. The van der Waals surface area contributed by atoms with Gasteiger partial charge in [-0.25, -0.2) is 4.99 Å². The average molecular weight is 322 g/mol. The highest BCUT2D eigenvalue weighted by molar-refractivity contribution is 6.06. The number of unbranched alkanes of at least 4 members (excludes halogenated alkanes) is 2. The Bertz CT molecular complexity index is 429. The van der Waals surface area contributed by atoms with Gasteiger partial charge in [0.2, 0.25) is 0 Å². The summed E-state index contributed by atoms with van der Waals surface area (Å²) in [6.07, 6.45) is 8.22. The molecule has 2 rings (SSSR count). The van der Waals surface area contributed by atoms with Crippen molar-refractivity contribution in [1.82, 2.24) is 9.80 Å². The molecule has 2 aliphatic rings. The van der Waals surface area contributed by atoms with Gasteiger partial charge in [0.05, 0.1) is 0 Å². The van der Waals surface area contributed by atoms with Gasteiger partial charge in [0.1, 0.15) is 5.54 Å².